The van der Waals surface area contributed by atoms with Crippen LogP contribution in [-0.4, -0.2) is 18.1 Å². The van der Waals surface area contributed by atoms with Gasteiger partial charge in [0.1, 0.15) is 0 Å². The van der Waals surface area contributed by atoms with Crippen molar-refractivity contribution in [2.45, 2.75) is 0 Å². The third-order valence-electron chi connectivity index (χ3n) is 0.733. The van der Waals surface area contributed by atoms with E-state index >= 15 is 0 Å². The molecule has 1 heterocycles. The van der Waals surface area contributed by atoms with Crippen molar-refractivity contribution in [3.05, 3.63) is 30.6 Å². The van der Waals surface area contributed by atoms with Crippen LogP contribution in [0.25, 0.3) is 0 Å². The van der Waals surface area contributed by atoms with E-state index in [0.29, 0.717) is 13.1 Å². The van der Waals surface area contributed by atoms with Crippen molar-refractivity contribution in [2.24, 2.45) is 11.5 Å². The lowest BCUT2D eigenvalue weighted by molar-refractivity contribution is 0.976. The van der Waals surface area contributed by atoms with Crippen LogP contribution in [0.1, 0.15) is 0 Å². The van der Waals surface area contributed by atoms with E-state index in [0.717, 1.165) is 0 Å². The Balaban J connectivity index is 0.000000180. The number of rotatable bonds is 1. The van der Waals surface area contributed by atoms with Gasteiger partial charge in [-0.1, -0.05) is 6.07 Å². The van der Waals surface area contributed by atoms with Gasteiger partial charge in [0.2, 0.25) is 0 Å². The first-order valence-electron chi connectivity index (χ1n) is 3.17. The SMILES string of the molecule is NCCN.c1ccncc1. The van der Waals surface area contributed by atoms with Crippen molar-refractivity contribution in [2.75, 3.05) is 13.1 Å². The summed E-state index contributed by atoms with van der Waals surface area (Å²) in [5.41, 5.74) is 9.81. The predicted molar refractivity (Wildman–Crippen MR) is 42.3 cm³/mol. The second-order valence-corrected chi connectivity index (χ2v) is 1.60. The fourth-order valence-electron chi connectivity index (χ4n) is 0.313. The molecule has 1 aromatic rings. The molecule has 0 bridgehead atoms. The Morgan fingerprint density at radius 1 is 0.900 bits per heavy atom. The molecule has 0 unspecified atom stereocenters. The summed E-state index contributed by atoms with van der Waals surface area (Å²) in [4.78, 5) is 3.78. The molecule has 0 radical (unpaired) electrons. The Labute approximate surface area is 61.1 Å². The summed E-state index contributed by atoms with van der Waals surface area (Å²) in [7, 11) is 0. The van der Waals surface area contributed by atoms with Crippen molar-refractivity contribution in [1.29, 1.82) is 0 Å². The molecule has 0 spiro atoms. The fraction of sp³-hybridized carbons (Fsp3) is 0.286. The number of nitrogens with two attached hydrogens (primary N) is 2. The average Bonchev–Trinajstić information content (AvgIpc) is 2.08. The van der Waals surface area contributed by atoms with Crippen LogP contribution in [0.3, 0.4) is 0 Å². The Bertz CT molecular complexity index is 101. The van der Waals surface area contributed by atoms with Crippen molar-refractivity contribution < 1.29 is 0 Å². The fourth-order valence-corrected chi connectivity index (χ4v) is 0.313. The monoisotopic (exact) mass is 139 g/mol. The predicted octanol–water partition coefficient (Wildman–Crippen LogP) is -0.0146. The van der Waals surface area contributed by atoms with Gasteiger partial charge in [-0.2, -0.15) is 0 Å². The zero-order valence-corrected chi connectivity index (χ0v) is 5.90. The van der Waals surface area contributed by atoms with Crippen LogP contribution < -0.4 is 11.5 Å². The second-order valence-electron chi connectivity index (χ2n) is 1.60. The van der Waals surface area contributed by atoms with E-state index in [1.807, 2.05) is 18.2 Å². The van der Waals surface area contributed by atoms with Crippen LogP contribution in [0.4, 0.5) is 0 Å². The molecule has 10 heavy (non-hydrogen) atoms. The van der Waals surface area contributed by atoms with Gasteiger partial charge >= 0.3 is 0 Å². The van der Waals surface area contributed by atoms with Crippen LogP contribution in [-0.2, 0) is 0 Å². The lowest BCUT2D eigenvalue weighted by Gasteiger charge is -1.72. The largest absolute Gasteiger partial charge is 0.329 e. The summed E-state index contributed by atoms with van der Waals surface area (Å²) in [6, 6.07) is 5.72. The summed E-state index contributed by atoms with van der Waals surface area (Å²) in [5, 5.41) is 0. The molecule has 3 heteroatoms. The number of hydrogen-bond acceptors (Lipinski definition) is 3. The second kappa shape index (κ2) is 8.07. The summed E-state index contributed by atoms with van der Waals surface area (Å²) in [5.74, 6) is 0. The molecule has 0 saturated carbocycles. The summed E-state index contributed by atoms with van der Waals surface area (Å²) in [6.45, 7) is 1.19. The van der Waals surface area contributed by atoms with E-state index in [9.17, 15) is 0 Å². The molecule has 0 aliphatic rings. The third kappa shape index (κ3) is 7.07. The quantitative estimate of drug-likeness (QED) is 0.575. The number of pyridine rings is 1. The topological polar surface area (TPSA) is 64.9 Å². The molecule has 0 aliphatic carbocycles. The lowest BCUT2D eigenvalue weighted by Crippen LogP contribution is -2.11. The van der Waals surface area contributed by atoms with E-state index in [1.54, 1.807) is 12.4 Å². The maximum absolute atomic E-state index is 4.90. The van der Waals surface area contributed by atoms with Crippen molar-refractivity contribution in [1.82, 2.24) is 4.98 Å². The summed E-state index contributed by atoms with van der Waals surface area (Å²) < 4.78 is 0. The zero-order valence-electron chi connectivity index (χ0n) is 5.90. The maximum atomic E-state index is 4.90. The first-order chi connectivity index (χ1) is 4.91. The highest BCUT2D eigenvalue weighted by Gasteiger charge is 1.58. The number of nitrogens with zero attached hydrogens (tertiary/aromatic N) is 1. The van der Waals surface area contributed by atoms with Gasteiger partial charge in [0.15, 0.2) is 0 Å². The zero-order chi connectivity index (χ0) is 7.66. The lowest BCUT2D eigenvalue weighted by atomic mass is 10.5. The number of aromatic nitrogens is 1. The van der Waals surface area contributed by atoms with Gasteiger partial charge in [-0.25, -0.2) is 0 Å². The highest BCUT2D eigenvalue weighted by Crippen LogP contribution is 1.73. The number of hydrogen-bond donors (Lipinski definition) is 2. The summed E-state index contributed by atoms with van der Waals surface area (Å²) in [6.07, 6.45) is 3.50. The van der Waals surface area contributed by atoms with Gasteiger partial charge in [0.05, 0.1) is 0 Å². The third-order valence-corrected chi connectivity index (χ3v) is 0.733. The van der Waals surface area contributed by atoms with Crippen molar-refractivity contribution in [3.63, 3.8) is 0 Å². The van der Waals surface area contributed by atoms with Gasteiger partial charge in [0.25, 0.3) is 0 Å². The highest BCUT2D eigenvalue weighted by atomic mass is 14.6. The van der Waals surface area contributed by atoms with E-state index in [1.165, 1.54) is 0 Å². The molecule has 4 N–H and O–H groups in total. The van der Waals surface area contributed by atoms with Crippen molar-refractivity contribution in [3.8, 4) is 0 Å². The Hall–Kier alpha value is -0.930. The van der Waals surface area contributed by atoms with Gasteiger partial charge < -0.3 is 11.5 Å². The first-order valence-corrected chi connectivity index (χ1v) is 3.17. The Morgan fingerprint density at radius 3 is 1.50 bits per heavy atom. The van der Waals surface area contributed by atoms with Gasteiger partial charge in [-0.15, -0.1) is 0 Å². The minimum atomic E-state index is 0.597. The molecule has 56 valence electrons. The van der Waals surface area contributed by atoms with E-state index in [2.05, 4.69) is 4.98 Å². The van der Waals surface area contributed by atoms with Gasteiger partial charge in [-0.3, -0.25) is 4.98 Å². The molecule has 0 fully saturated rings. The first kappa shape index (κ1) is 9.07. The van der Waals surface area contributed by atoms with Crippen molar-refractivity contribution >= 4 is 0 Å². The summed E-state index contributed by atoms with van der Waals surface area (Å²) >= 11 is 0. The Morgan fingerprint density at radius 2 is 1.40 bits per heavy atom. The minimum absolute atomic E-state index is 0.597. The van der Waals surface area contributed by atoms with E-state index < -0.39 is 0 Å². The highest BCUT2D eigenvalue weighted by molar-refractivity contribution is 4.88. The van der Waals surface area contributed by atoms with Gasteiger partial charge in [-0.05, 0) is 12.1 Å². The van der Waals surface area contributed by atoms with Crippen LogP contribution in [0.15, 0.2) is 30.6 Å². The molecule has 1 aromatic heterocycles. The molecular formula is C7H13N3. The standard InChI is InChI=1S/C5H5N.C2H8N2/c1-2-4-6-5-3-1;3-1-2-4/h1-5H;1-4H2. The van der Waals surface area contributed by atoms with Crippen LogP contribution in [0.2, 0.25) is 0 Å². The molecule has 0 amide bonds. The molecule has 3 nitrogen and oxygen atoms in total. The maximum Gasteiger partial charge on any atom is 0.0267 e. The van der Waals surface area contributed by atoms with E-state index in [4.69, 9.17) is 11.5 Å². The normalized spacial score (nSPS) is 7.80. The molecule has 0 saturated heterocycles. The van der Waals surface area contributed by atoms with Crippen LogP contribution >= 0.6 is 0 Å². The Kier molecular flexibility index (Phi) is 7.32. The van der Waals surface area contributed by atoms with Crippen LogP contribution in [0.5, 0.6) is 0 Å². The minimum Gasteiger partial charge on any atom is -0.329 e. The average molecular weight is 139 g/mol. The molecule has 0 aliphatic heterocycles. The molecule has 0 atom stereocenters. The smallest absolute Gasteiger partial charge is 0.0267 e. The molecule has 1 rings (SSSR count). The molecule has 0 aromatic carbocycles. The van der Waals surface area contributed by atoms with Crippen LogP contribution in [0, 0.1) is 0 Å². The molecular weight excluding hydrogens is 126 g/mol. The van der Waals surface area contributed by atoms with E-state index in [-0.39, 0.29) is 0 Å². The van der Waals surface area contributed by atoms with Gasteiger partial charge in [0, 0.05) is 25.5 Å².